The van der Waals surface area contributed by atoms with Crippen LogP contribution in [0.4, 0.5) is 5.82 Å². The molecule has 2 rings (SSSR count). The topological polar surface area (TPSA) is 67.3 Å². The van der Waals surface area contributed by atoms with Crippen LogP contribution in [-0.4, -0.2) is 39.4 Å². The summed E-state index contributed by atoms with van der Waals surface area (Å²) in [6, 6.07) is 5.20. The molecule has 1 aromatic heterocycles. The van der Waals surface area contributed by atoms with Crippen LogP contribution in [0.1, 0.15) is 20.3 Å². The number of benzene rings is 1. The van der Waals surface area contributed by atoms with E-state index < -0.39 is 0 Å². The molecule has 2 aromatic rings. The van der Waals surface area contributed by atoms with Crippen LogP contribution in [0.15, 0.2) is 18.2 Å². The zero-order valence-electron chi connectivity index (χ0n) is 11.6. The van der Waals surface area contributed by atoms with Gasteiger partial charge in [-0.3, -0.25) is 4.68 Å². The van der Waals surface area contributed by atoms with Crippen molar-refractivity contribution in [1.29, 1.82) is 0 Å². The second-order valence-corrected chi connectivity index (χ2v) is 4.69. The molecular weight excluding hydrogens is 240 g/mol. The van der Waals surface area contributed by atoms with Gasteiger partial charge in [-0.2, -0.15) is 5.10 Å². The number of rotatable bonds is 6. The van der Waals surface area contributed by atoms with Crippen LogP contribution >= 0.6 is 0 Å². The van der Waals surface area contributed by atoms with Gasteiger partial charge in [-0.1, -0.05) is 13.8 Å². The second-order valence-electron chi connectivity index (χ2n) is 4.69. The lowest BCUT2D eigenvalue weighted by Gasteiger charge is -2.17. The minimum atomic E-state index is 0.224. The normalized spacial score (nSPS) is 11.5. The Bertz CT molecular complexity index is 546. The van der Waals surface area contributed by atoms with Crippen molar-refractivity contribution in [3.63, 3.8) is 0 Å². The molecule has 5 heteroatoms. The van der Waals surface area contributed by atoms with E-state index in [1.807, 2.05) is 10.7 Å². The summed E-state index contributed by atoms with van der Waals surface area (Å²) >= 11 is 0. The van der Waals surface area contributed by atoms with Gasteiger partial charge in [-0.05, 0) is 44.3 Å². The highest BCUT2D eigenvalue weighted by atomic mass is 16.3. The lowest BCUT2D eigenvalue weighted by Crippen LogP contribution is -2.25. The molecule has 19 heavy (non-hydrogen) atoms. The van der Waals surface area contributed by atoms with Crippen LogP contribution in [0, 0.1) is 0 Å². The van der Waals surface area contributed by atoms with E-state index in [0.29, 0.717) is 5.82 Å². The number of hydrogen-bond acceptors (Lipinski definition) is 4. The van der Waals surface area contributed by atoms with Crippen LogP contribution in [0.2, 0.25) is 0 Å². The summed E-state index contributed by atoms with van der Waals surface area (Å²) in [6.45, 7) is 8.40. The van der Waals surface area contributed by atoms with E-state index in [1.165, 1.54) is 0 Å². The van der Waals surface area contributed by atoms with Gasteiger partial charge in [0.25, 0.3) is 0 Å². The van der Waals surface area contributed by atoms with Crippen molar-refractivity contribution in [2.45, 2.75) is 26.8 Å². The Morgan fingerprint density at radius 2 is 2.05 bits per heavy atom. The van der Waals surface area contributed by atoms with E-state index in [2.05, 4.69) is 23.8 Å². The van der Waals surface area contributed by atoms with Gasteiger partial charge in [0.05, 0.1) is 5.52 Å². The Balaban J connectivity index is 2.09. The van der Waals surface area contributed by atoms with Crippen LogP contribution in [-0.2, 0) is 6.54 Å². The molecule has 3 N–H and O–H groups in total. The predicted molar refractivity (Wildman–Crippen MR) is 78.2 cm³/mol. The number of aromatic hydroxyl groups is 1. The van der Waals surface area contributed by atoms with E-state index >= 15 is 0 Å². The Morgan fingerprint density at radius 3 is 2.74 bits per heavy atom. The van der Waals surface area contributed by atoms with Gasteiger partial charge in [0.2, 0.25) is 0 Å². The molecule has 104 valence electrons. The molecule has 0 aliphatic heterocycles. The summed E-state index contributed by atoms with van der Waals surface area (Å²) in [7, 11) is 0. The highest BCUT2D eigenvalue weighted by molar-refractivity contribution is 5.90. The SMILES string of the molecule is CCN(CC)CCCn1nc(N)c2cc(O)ccc21. The summed E-state index contributed by atoms with van der Waals surface area (Å²) in [6.07, 6.45) is 1.04. The lowest BCUT2D eigenvalue weighted by atomic mass is 10.2. The first-order chi connectivity index (χ1) is 9.15. The van der Waals surface area contributed by atoms with Crippen LogP contribution in [0.5, 0.6) is 5.75 Å². The average molecular weight is 262 g/mol. The average Bonchev–Trinajstić information content (AvgIpc) is 2.71. The van der Waals surface area contributed by atoms with Crippen molar-refractivity contribution in [2.75, 3.05) is 25.4 Å². The van der Waals surface area contributed by atoms with Gasteiger partial charge in [-0.15, -0.1) is 0 Å². The molecule has 0 fully saturated rings. The minimum absolute atomic E-state index is 0.224. The number of phenols is 1. The van der Waals surface area contributed by atoms with Crippen LogP contribution < -0.4 is 5.73 Å². The molecule has 5 nitrogen and oxygen atoms in total. The highest BCUT2D eigenvalue weighted by Crippen LogP contribution is 2.24. The van der Waals surface area contributed by atoms with Crippen molar-refractivity contribution in [3.8, 4) is 5.75 Å². The molecule has 0 unspecified atom stereocenters. The summed E-state index contributed by atoms with van der Waals surface area (Å²) < 4.78 is 1.92. The third kappa shape index (κ3) is 2.98. The van der Waals surface area contributed by atoms with Crippen molar-refractivity contribution in [1.82, 2.24) is 14.7 Å². The van der Waals surface area contributed by atoms with Crippen LogP contribution in [0.25, 0.3) is 10.9 Å². The molecule has 0 saturated carbocycles. The van der Waals surface area contributed by atoms with E-state index in [4.69, 9.17) is 5.73 Å². The van der Waals surface area contributed by atoms with Crippen molar-refractivity contribution in [3.05, 3.63) is 18.2 Å². The second kappa shape index (κ2) is 5.93. The molecule has 0 saturated heterocycles. The summed E-state index contributed by atoms with van der Waals surface area (Å²) in [5, 5.41) is 14.6. The molecule has 0 bridgehead atoms. The van der Waals surface area contributed by atoms with Gasteiger partial charge in [0.15, 0.2) is 5.82 Å². The maximum Gasteiger partial charge on any atom is 0.153 e. The number of aromatic nitrogens is 2. The third-order valence-corrected chi connectivity index (χ3v) is 3.50. The first-order valence-electron chi connectivity index (χ1n) is 6.83. The van der Waals surface area contributed by atoms with E-state index in [9.17, 15) is 5.11 Å². The van der Waals surface area contributed by atoms with Gasteiger partial charge in [-0.25, -0.2) is 0 Å². The van der Waals surface area contributed by atoms with E-state index in [-0.39, 0.29) is 5.75 Å². The summed E-state index contributed by atoms with van der Waals surface area (Å²) in [5.41, 5.74) is 6.86. The first kappa shape index (κ1) is 13.7. The fourth-order valence-corrected chi connectivity index (χ4v) is 2.35. The molecule has 0 aliphatic carbocycles. The maximum absolute atomic E-state index is 9.48. The van der Waals surface area contributed by atoms with E-state index in [0.717, 1.165) is 43.5 Å². The number of anilines is 1. The number of fused-ring (bicyclic) bond motifs is 1. The molecule has 1 heterocycles. The van der Waals surface area contributed by atoms with Crippen molar-refractivity contribution < 1.29 is 5.11 Å². The lowest BCUT2D eigenvalue weighted by molar-refractivity contribution is 0.292. The third-order valence-electron chi connectivity index (χ3n) is 3.50. The molecule has 0 aliphatic rings. The molecule has 0 radical (unpaired) electrons. The Morgan fingerprint density at radius 1 is 1.32 bits per heavy atom. The Kier molecular flexibility index (Phi) is 4.27. The maximum atomic E-state index is 9.48. The summed E-state index contributed by atoms with van der Waals surface area (Å²) in [4.78, 5) is 2.39. The molecule has 0 spiro atoms. The van der Waals surface area contributed by atoms with Crippen LogP contribution in [0.3, 0.4) is 0 Å². The molecule has 1 aromatic carbocycles. The number of hydrogen-bond donors (Lipinski definition) is 2. The fourth-order valence-electron chi connectivity index (χ4n) is 2.35. The quantitative estimate of drug-likeness (QED) is 0.836. The molecule has 0 amide bonds. The molecule has 0 atom stereocenters. The number of aryl methyl sites for hydroxylation is 1. The van der Waals surface area contributed by atoms with Gasteiger partial charge in [0, 0.05) is 11.9 Å². The van der Waals surface area contributed by atoms with Crippen molar-refractivity contribution >= 4 is 16.7 Å². The zero-order valence-corrected chi connectivity index (χ0v) is 11.6. The standard InChI is InChI=1S/C14H22N4O/c1-3-17(4-2)8-5-9-18-13-7-6-11(19)10-12(13)14(15)16-18/h6-7,10,19H,3-5,8-9H2,1-2H3,(H2,15,16). The summed E-state index contributed by atoms with van der Waals surface area (Å²) in [5.74, 6) is 0.704. The minimum Gasteiger partial charge on any atom is -0.508 e. The van der Waals surface area contributed by atoms with Gasteiger partial charge in [0.1, 0.15) is 5.75 Å². The number of nitrogen functional groups attached to an aromatic ring is 1. The zero-order chi connectivity index (χ0) is 13.8. The predicted octanol–water partition coefficient (Wildman–Crippen LogP) is 2.06. The number of nitrogens with two attached hydrogens (primary N) is 1. The van der Waals surface area contributed by atoms with E-state index in [1.54, 1.807) is 12.1 Å². The smallest absolute Gasteiger partial charge is 0.153 e. The fraction of sp³-hybridized carbons (Fsp3) is 0.500. The number of nitrogens with zero attached hydrogens (tertiary/aromatic N) is 3. The molecular formula is C14H22N4O. The number of phenolic OH excluding ortho intramolecular Hbond substituents is 1. The monoisotopic (exact) mass is 262 g/mol. The van der Waals surface area contributed by atoms with Gasteiger partial charge < -0.3 is 15.7 Å². The van der Waals surface area contributed by atoms with Crippen molar-refractivity contribution in [2.24, 2.45) is 0 Å². The Labute approximate surface area is 113 Å². The Hall–Kier alpha value is -1.75. The van der Waals surface area contributed by atoms with Gasteiger partial charge >= 0.3 is 0 Å². The first-order valence-corrected chi connectivity index (χ1v) is 6.83. The largest absolute Gasteiger partial charge is 0.508 e. The highest BCUT2D eigenvalue weighted by Gasteiger charge is 2.08.